The van der Waals surface area contributed by atoms with Crippen molar-refractivity contribution in [1.29, 1.82) is 0 Å². The second-order valence-corrected chi connectivity index (χ2v) is 2.76. The molecule has 0 aliphatic heterocycles. The van der Waals surface area contributed by atoms with Crippen LogP contribution < -0.4 is 10.9 Å². The van der Waals surface area contributed by atoms with Crippen LogP contribution >= 0.6 is 0 Å². The van der Waals surface area contributed by atoms with Crippen molar-refractivity contribution in [2.45, 2.75) is 26.3 Å². The van der Waals surface area contributed by atoms with Crippen molar-refractivity contribution in [1.82, 2.24) is 10.2 Å². The van der Waals surface area contributed by atoms with Crippen LogP contribution in [0.2, 0.25) is 0 Å². The minimum absolute atomic E-state index is 0.176. The van der Waals surface area contributed by atoms with Gasteiger partial charge in [-0.15, -0.1) is 0 Å². The Kier molecular flexibility index (Phi) is 2.85. The SMILES string of the molecule is CC[C@@H](C)Nc1ccc(=O)[nH]n1. The van der Waals surface area contributed by atoms with Crippen LogP contribution in [0.15, 0.2) is 16.9 Å². The molecule has 2 N–H and O–H groups in total. The van der Waals surface area contributed by atoms with Gasteiger partial charge in [0.1, 0.15) is 5.82 Å². The van der Waals surface area contributed by atoms with E-state index >= 15 is 0 Å². The Labute approximate surface area is 71.0 Å². The molecule has 0 radical (unpaired) electrons. The average Bonchev–Trinajstić information content (AvgIpc) is 2.09. The molecule has 0 aliphatic rings. The highest BCUT2D eigenvalue weighted by Crippen LogP contribution is 2.01. The molecule has 0 bridgehead atoms. The highest BCUT2D eigenvalue weighted by Gasteiger charge is 1.98. The first-order valence-electron chi connectivity index (χ1n) is 4.04. The molecule has 4 heteroatoms. The van der Waals surface area contributed by atoms with Gasteiger partial charge in [-0.3, -0.25) is 4.79 Å². The van der Waals surface area contributed by atoms with E-state index in [0.717, 1.165) is 6.42 Å². The van der Waals surface area contributed by atoms with Crippen molar-refractivity contribution in [2.75, 3.05) is 5.32 Å². The zero-order valence-corrected chi connectivity index (χ0v) is 7.29. The van der Waals surface area contributed by atoms with Crippen LogP contribution in [0.25, 0.3) is 0 Å². The summed E-state index contributed by atoms with van der Waals surface area (Å²) in [6.45, 7) is 4.15. The highest BCUT2D eigenvalue weighted by molar-refractivity contribution is 5.32. The highest BCUT2D eigenvalue weighted by atomic mass is 16.1. The molecular weight excluding hydrogens is 154 g/mol. The lowest BCUT2D eigenvalue weighted by atomic mass is 10.2. The van der Waals surface area contributed by atoms with Gasteiger partial charge in [0.15, 0.2) is 0 Å². The van der Waals surface area contributed by atoms with E-state index in [0.29, 0.717) is 11.9 Å². The molecule has 0 saturated carbocycles. The largest absolute Gasteiger partial charge is 0.366 e. The Bertz CT molecular complexity index is 274. The number of anilines is 1. The quantitative estimate of drug-likeness (QED) is 0.705. The van der Waals surface area contributed by atoms with Gasteiger partial charge in [-0.05, 0) is 19.4 Å². The molecule has 0 fully saturated rings. The molecular formula is C8H13N3O. The number of H-pyrrole nitrogens is 1. The summed E-state index contributed by atoms with van der Waals surface area (Å²) in [5.74, 6) is 0.712. The van der Waals surface area contributed by atoms with E-state index in [1.807, 2.05) is 0 Å². The zero-order chi connectivity index (χ0) is 8.97. The van der Waals surface area contributed by atoms with E-state index in [1.165, 1.54) is 6.07 Å². The van der Waals surface area contributed by atoms with Crippen LogP contribution in [0, 0.1) is 0 Å². The summed E-state index contributed by atoms with van der Waals surface area (Å²) in [4.78, 5) is 10.6. The number of hydrogen-bond donors (Lipinski definition) is 2. The van der Waals surface area contributed by atoms with Gasteiger partial charge in [-0.2, -0.15) is 5.10 Å². The number of aromatic nitrogens is 2. The minimum Gasteiger partial charge on any atom is -0.366 e. The molecule has 0 spiro atoms. The predicted octanol–water partition coefficient (Wildman–Crippen LogP) is 0.980. The summed E-state index contributed by atoms with van der Waals surface area (Å²) < 4.78 is 0. The number of nitrogens with zero attached hydrogens (tertiary/aromatic N) is 1. The van der Waals surface area contributed by atoms with Gasteiger partial charge < -0.3 is 5.32 Å². The first-order valence-corrected chi connectivity index (χ1v) is 4.04. The summed E-state index contributed by atoms with van der Waals surface area (Å²) >= 11 is 0. The summed E-state index contributed by atoms with van der Waals surface area (Å²) in [7, 11) is 0. The lowest BCUT2D eigenvalue weighted by molar-refractivity contribution is 0.753. The van der Waals surface area contributed by atoms with Crippen molar-refractivity contribution in [3.05, 3.63) is 22.5 Å². The van der Waals surface area contributed by atoms with E-state index in [9.17, 15) is 4.79 Å². The van der Waals surface area contributed by atoms with E-state index in [-0.39, 0.29) is 5.56 Å². The molecule has 0 aromatic carbocycles. The van der Waals surface area contributed by atoms with Crippen molar-refractivity contribution in [3.63, 3.8) is 0 Å². The maximum Gasteiger partial charge on any atom is 0.264 e. The third-order valence-electron chi connectivity index (χ3n) is 1.69. The summed E-state index contributed by atoms with van der Waals surface area (Å²) in [5, 5.41) is 9.32. The second kappa shape index (κ2) is 3.90. The van der Waals surface area contributed by atoms with Gasteiger partial charge in [-0.25, -0.2) is 5.10 Å². The van der Waals surface area contributed by atoms with Crippen LogP contribution in [0.3, 0.4) is 0 Å². The number of hydrogen-bond acceptors (Lipinski definition) is 3. The predicted molar refractivity (Wildman–Crippen MR) is 48.2 cm³/mol. The van der Waals surface area contributed by atoms with E-state index in [4.69, 9.17) is 0 Å². The van der Waals surface area contributed by atoms with Crippen LogP contribution in [0.1, 0.15) is 20.3 Å². The molecule has 1 rings (SSSR count). The molecule has 0 unspecified atom stereocenters. The first kappa shape index (κ1) is 8.77. The molecule has 1 aromatic rings. The fraction of sp³-hybridized carbons (Fsp3) is 0.500. The fourth-order valence-electron chi connectivity index (χ4n) is 0.779. The Balaban J connectivity index is 2.64. The lowest BCUT2D eigenvalue weighted by Gasteiger charge is -2.10. The Morgan fingerprint density at radius 1 is 1.67 bits per heavy atom. The topological polar surface area (TPSA) is 57.8 Å². The van der Waals surface area contributed by atoms with Gasteiger partial charge in [-0.1, -0.05) is 6.92 Å². The smallest absolute Gasteiger partial charge is 0.264 e. The Hall–Kier alpha value is -1.32. The molecule has 12 heavy (non-hydrogen) atoms. The molecule has 1 heterocycles. The lowest BCUT2D eigenvalue weighted by Crippen LogP contribution is -2.16. The van der Waals surface area contributed by atoms with Crippen LogP contribution in [0.4, 0.5) is 5.82 Å². The maximum atomic E-state index is 10.6. The van der Waals surface area contributed by atoms with Crippen molar-refractivity contribution < 1.29 is 0 Å². The van der Waals surface area contributed by atoms with Gasteiger partial charge >= 0.3 is 0 Å². The van der Waals surface area contributed by atoms with Crippen molar-refractivity contribution in [2.24, 2.45) is 0 Å². The van der Waals surface area contributed by atoms with Crippen LogP contribution in [-0.2, 0) is 0 Å². The normalized spacial score (nSPS) is 12.5. The molecule has 1 atom stereocenters. The Morgan fingerprint density at radius 2 is 2.42 bits per heavy atom. The molecule has 0 amide bonds. The summed E-state index contributed by atoms with van der Waals surface area (Å²) in [5.41, 5.74) is -0.176. The van der Waals surface area contributed by atoms with Crippen LogP contribution in [0.5, 0.6) is 0 Å². The molecule has 1 aromatic heterocycles. The monoisotopic (exact) mass is 167 g/mol. The van der Waals surface area contributed by atoms with Gasteiger partial charge in [0.2, 0.25) is 0 Å². The van der Waals surface area contributed by atoms with E-state index in [2.05, 4.69) is 29.4 Å². The zero-order valence-electron chi connectivity index (χ0n) is 7.29. The first-order chi connectivity index (χ1) is 5.72. The van der Waals surface area contributed by atoms with Gasteiger partial charge in [0.25, 0.3) is 5.56 Å². The van der Waals surface area contributed by atoms with Gasteiger partial charge in [0, 0.05) is 12.1 Å². The average molecular weight is 167 g/mol. The summed E-state index contributed by atoms with van der Waals surface area (Å²) in [6, 6.07) is 3.51. The molecule has 0 saturated heterocycles. The molecule has 66 valence electrons. The van der Waals surface area contributed by atoms with Crippen molar-refractivity contribution in [3.8, 4) is 0 Å². The number of nitrogens with one attached hydrogen (secondary N) is 2. The fourth-order valence-corrected chi connectivity index (χ4v) is 0.779. The minimum atomic E-state index is -0.176. The van der Waals surface area contributed by atoms with Crippen LogP contribution in [-0.4, -0.2) is 16.2 Å². The third kappa shape index (κ3) is 2.38. The number of rotatable bonds is 3. The Morgan fingerprint density at radius 3 is 2.92 bits per heavy atom. The van der Waals surface area contributed by atoms with E-state index in [1.54, 1.807) is 6.07 Å². The van der Waals surface area contributed by atoms with Gasteiger partial charge in [0.05, 0.1) is 0 Å². The maximum absolute atomic E-state index is 10.6. The standard InChI is InChI=1S/C8H13N3O/c1-3-6(2)9-7-4-5-8(12)11-10-7/h4-6H,3H2,1-2H3,(H,9,10)(H,11,12)/t6-/m1/s1. The summed E-state index contributed by atoms with van der Waals surface area (Å²) in [6.07, 6.45) is 1.03. The second-order valence-electron chi connectivity index (χ2n) is 2.76. The molecule has 4 nitrogen and oxygen atoms in total. The van der Waals surface area contributed by atoms with E-state index < -0.39 is 0 Å². The van der Waals surface area contributed by atoms with Crippen molar-refractivity contribution >= 4 is 5.82 Å². The number of aromatic amines is 1. The molecule has 0 aliphatic carbocycles. The third-order valence-corrected chi connectivity index (χ3v) is 1.69.